The highest BCUT2D eigenvalue weighted by molar-refractivity contribution is 5.78. The fourth-order valence-electron chi connectivity index (χ4n) is 2.10. The van der Waals surface area contributed by atoms with Gasteiger partial charge >= 0.3 is 0 Å². The van der Waals surface area contributed by atoms with Crippen LogP contribution >= 0.6 is 0 Å². The third-order valence-electron chi connectivity index (χ3n) is 3.07. The SMILES string of the molecule is C=C(C)C[C@H](C)C(=O)NCCc1cn2cccnc2n1. The molecule has 1 N–H and O–H groups in total. The van der Waals surface area contributed by atoms with Crippen molar-refractivity contribution in [1.29, 1.82) is 0 Å². The van der Waals surface area contributed by atoms with E-state index >= 15 is 0 Å². The number of aromatic nitrogens is 3. The Morgan fingerprint density at radius 1 is 1.55 bits per heavy atom. The van der Waals surface area contributed by atoms with Crippen LogP contribution in [0.3, 0.4) is 0 Å². The van der Waals surface area contributed by atoms with E-state index in [1.54, 1.807) is 6.20 Å². The topological polar surface area (TPSA) is 59.3 Å². The summed E-state index contributed by atoms with van der Waals surface area (Å²) < 4.78 is 1.88. The van der Waals surface area contributed by atoms with Crippen LogP contribution in [0.5, 0.6) is 0 Å². The molecular formula is C15H20N4O. The maximum absolute atomic E-state index is 11.9. The number of hydrogen-bond acceptors (Lipinski definition) is 3. The predicted molar refractivity (Wildman–Crippen MR) is 78.3 cm³/mol. The Kier molecular flexibility index (Phi) is 4.50. The second kappa shape index (κ2) is 6.32. The minimum Gasteiger partial charge on any atom is -0.355 e. The smallest absolute Gasteiger partial charge is 0.233 e. The Morgan fingerprint density at radius 2 is 2.35 bits per heavy atom. The normalized spacial score (nSPS) is 12.3. The summed E-state index contributed by atoms with van der Waals surface area (Å²) in [6, 6.07) is 1.86. The van der Waals surface area contributed by atoms with Crippen LogP contribution in [0.2, 0.25) is 0 Å². The van der Waals surface area contributed by atoms with Crippen LogP contribution in [0.25, 0.3) is 5.78 Å². The number of allylic oxidation sites excluding steroid dienone is 1. The molecule has 0 unspecified atom stereocenters. The van der Waals surface area contributed by atoms with Gasteiger partial charge in [-0.3, -0.25) is 9.20 Å². The largest absolute Gasteiger partial charge is 0.355 e. The van der Waals surface area contributed by atoms with Crippen molar-refractivity contribution in [3.05, 3.63) is 42.5 Å². The number of fused-ring (bicyclic) bond motifs is 1. The van der Waals surface area contributed by atoms with E-state index in [2.05, 4.69) is 21.9 Å². The molecule has 2 heterocycles. The monoisotopic (exact) mass is 272 g/mol. The second-order valence-electron chi connectivity index (χ2n) is 5.16. The summed E-state index contributed by atoms with van der Waals surface area (Å²) in [6.45, 7) is 8.27. The van der Waals surface area contributed by atoms with Crippen LogP contribution in [-0.4, -0.2) is 26.8 Å². The Morgan fingerprint density at radius 3 is 3.05 bits per heavy atom. The van der Waals surface area contributed by atoms with E-state index in [1.165, 1.54) is 0 Å². The predicted octanol–water partition coefficient (Wildman–Crippen LogP) is 1.99. The highest BCUT2D eigenvalue weighted by atomic mass is 16.1. The van der Waals surface area contributed by atoms with Gasteiger partial charge in [0.25, 0.3) is 0 Å². The number of imidazole rings is 1. The quantitative estimate of drug-likeness (QED) is 0.818. The fraction of sp³-hybridized carbons (Fsp3) is 0.400. The molecule has 106 valence electrons. The lowest BCUT2D eigenvalue weighted by Gasteiger charge is -2.11. The van der Waals surface area contributed by atoms with Gasteiger partial charge in [-0.1, -0.05) is 12.5 Å². The maximum Gasteiger partial charge on any atom is 0.233 e. The van der Waals surface area contributed by atoms with E-state index in [0.29, 0.717) is 18.7 Å². The van der Waals surface area contributed by atoms with Crippen molar-refractivity contribution < 1.29 is 4.79 Å². The lowest BCUT2D eigenvalue weighted by molar-refractivity contribution is -0.124. The summed E-state index contributed by atoms with van der Waals surface area (Å²) in [7, 11) is 0. The van der Waals surface area contributed by atoms with Gasteiger partial charge in [0.1, 0.15) is 0 Å². The van der Waals surface area contributed by atoms with Gasteiger partial charge in [-0.25, -0.2) is 9.97 Å². The number of hydrogen-bond donors (Lipinski definition) is 1. The molecular weight excluding hydrogens is 252 g/mol. The van der Waals surface area contributed by atoms with E-state index in [0.717, 1.165) is 17.7 Å². The highest BCUT2D eigenvalue weighted by Gasteiger charge is 2.12. The van der Waals surface area contributed by atoms with Gasteiger partial charge in [-0.2, -0.15) is 0 Å². The lowest BCUT2D eigenvalue weighted by atomic mass is 10.0. The van der Waals surface area contributed by atoms with E-state index in [9.17, 15) is 4.79 Å². The van der Waals surface area contributed by atoms with Gasteiger partial charge in [-0.15, -0.1) is 6.58 Å². The number of carbonyl (C=O) groups is 1. The first-order valence-corrected chi connectivity index (χ1v) is 6.77. The first-order chi connectivity index (χ1) is 9.56. The Bertz CT molecular complexity index is 584. The second-order valence-corrected chi connectivity index (χ2v) is 5.16. The summed E-state index contributed by atoms with van der Waals surface area (Å²) >= 11 is 0. The summed E-state index contributed by atoms with van der Waals surface area (Å²) in [5.74, 6) is 0.717. The fourth-order valence-corrected chi connectivity index (χ4v) is 2.10. The summed E-state index contributed by atoms with van der Waals surface area (Å²) in [5, 5.41) is 2.93. The van der Waals surface area contributed by atoms with E-state index in [1.807, 2.05) is 36.7 Å². The van der Waals surface area contributed by atoms with E-state index in [4.69, 9.17) is 0 Å². The highest BCUT2D eigenvalue weighted by Crippen LogP contribution is 2.08. The zero-order valence-electron chi connectivity index (χ0n) is 12.0. The Labute approximate surface area is 118 Å². The zero-order chi connectivity index (χ0) is 14.5. The molecule has 0 aliphatic rings. The van der Waals surface area contributed by atoms with Gasteiger partial charge in [0.15, 0.2) is 0 Å². The van der Waals surface area contributed by atoms with Crippen molar-refractivity contribution in [1.82, 2.24) is 19.7 Å². The molecule has 0 bridgehead atoms. The number of nitrogens with one attached hydrogen (secondary N) is 1. The maximum atomic E-state index is 11.9. The molecule has 0 aromatic carbocycles. The standard InChI is InChI=1S/C15H20N4O/c1-11(2)9-12(3)14(20)16-7-5-13-10-19-8-4-6-17-15(19)18-13/h4,6,8,10,12H,1,5,7,9H2,2-3H3,(H,16,20)/t12-/m0/s1. The third kappa shape index (κ3) is 3.66. The van der Waals surface area contributed by atoms with Gasteiger partial charge < -0.3 is 5.32 Å². The summed E-state index contributed by atoms with van der Waals surface area (Å²) in [6.07, 6.45) is 6.99. The minimum absolute atomic E-state index is 0.0322. The minimum atomic E-state index is -0.0322. The van der Waals surface area contributed by atoms with Crippen molar-refractivity contribution in [2.75, 3.05) is 6.54 Å². The van der Waals surface area contributed by atoms with Crippen molar-refractivity contribution >= 4 is 11.7 Å². The molecule has 5 nitrogen and oxygen atoms in total. The van der Waals surface area contributed by atoms with Crippen LogP contribution in [0.4, 0.5) is 0 Å². The Balaban J connectivity index is 1.83. The molecule has 0 saturated carbocycles. The molecule has 1 atom stereocenters. The van der Waals surface area contributed by atoms with Gasteiger partial charge in [0.05, 0.1) is 5.69 Å². The lowest BCUT2D eigenvalue weighted by Crippen LogP contribution is -2.31. The summed E-state index contributed by atoms with van der Waals surface area (Å²) in [5.41, 5.74) is 1.95. The van der Waals surface area contributed by atoms with Gasteiger partial charge in [0, 0.05) is 37.5 Å². The molecule has 2 aromatic rings. The molecule has 0 aliphatic heterocycles. The van der Waals surface area contributed by atoms with E-state index in [-0.39, 0.29) is 11.8 Å². The summed E-state index contributed by atoms with van der Waals surface area (Å²) in [4.78, 5) is 20.4. The number of nitrogens with zero attached hydrogens (tertiary/aromatic N) is 3. The van der Waals surface area contributed by atoms with Crippen LogP contribution in [0.15, 0.2) is 36.8 Å². The molecule has 1 amide bonds. The molecule has 0 aliphatic carbocycles. The van der Waals surface area contributed by atoms with Crippen molar-refractivity contribution in [2.45, 2.75) is 26.7 Å². The number of carbonyl (C=O) groups excluding carboxylic acids is 1. The number of amides is 1. The van der Waals surface area contributed by atoms with Crippen LogP contribution in [0, 0.1) is 5.92 Å². The van der Waals surface area contributed by atoms with E-state index < -0.39 is 0 Å². The average molecular weight is 272 g/mol. The average Bonchev–Trinajstić information content (AvgIpc) is 2.80. The van der Waals surface area contributed by atoms with Crippen molar-refractivity contribution in [2.24, 2.45) is 5.92 Å². The third-order valence-corrected chi connectivity index (χ3v) is 3.07. The molecule has 0 fully saturated rings. The molecule has 0 radical (unpaired) electrons. The molecule has 20 heavy (non-hydrogen) atoms. The van der Waals surface area contributed by atoms with Crippen LogP contribution in [-0.2, 0) is 11.2 Å². The first-order valence-electron chi connectivity index (χ1n) is 6.77. The molecule has 0 saturated heterocycles. The molecule has 2 aromatic heterocycles. The zero-order valence-corrected chi connectivity index (χ0v) is 12.0. The first kappa shape index (κ1) is 14.2. The molecule has 0 spiro atoms. The molecule has 5 heteroatoms. The van der Waals surface area contributed by atoms with Crippen LogP contribution in [0.1, 0.15) is 26.0 Å². The number of rotatable bonds is 6. The van der Waals surface area contributed by atoms with Crippen LogP contribution < -0.4 is 5.32 Å². The van der Waals surface area contributed by atoms with Gasteiger partial charge in [-0.05, 0) is 19.4 Å². The van der Waals surface area contributed by atoms with Gasteiger partial charge in [0.2, 0.25) is 11.7 Å². The van der Waals surface area contributed by atoms with Crippen molar-refractivity contribution in [3.63, 3.8) is 0 Å². The van der Waals surface area contributed by atoms with Crippen molar-refractivity contribution in [3.8, 4) is 0 Å². The molecule has 2 rings (SSSR count). The Hall–Kier alpha value is -2.17.